The molecule has 1 heterocycles. The second-order valence-electron chi connectivity index (χ2n) is 8.62. The molecule has 3 heteroatoms. The maximum atomic E-state index is 10.6. The fourth-order valence-corrected chi connectivity index (χ4v) is 4.74. The van der Waals surface area contributed by atoms with Gasteiger partial charge in [-0.25, -0.2) is 0 Å². The zero-order valence-corrected chi connectivity index (χ0v) is 18.9. The van der Waals surface area contributed by atoms with E-state index in [1.165, 1.54) is 0 Å². The Kier molecular flexibility index (Phi) is 5.08. The van der Waals surface area contributed by atoms with E-state index in [-0.39, 0.29) is 11.5 Å². The van der Waals surface area contributed by atoms with Gasteiger partial charge in [0.2, 0.25) is 0 Å². The molecule has 6 aromatic rings. The van der Waals surface area contributed by atoms with Crippen LogP contribution in [0.25, 0.3) is 55.5 Å². The first-order chi connectivity index (χ1) is 17.2. The molecule has 0 aliphatic carbocycles. The molecule has 6 rings (SSSR count). The molecule has 0 aliphatic heterocycles. The number of aromatic nitrogens is 1. The van der Waals surface area contributed by atoms with E-state index in [0.717, 1.165) is 55.5 Å². The van der Waals surface area contributed by atoms with Crippen LogP contribution in [-0.4, -0.2) is 15.2 Å². The second kappa shape index (κ2) is 8.54. The summed E-state index contributed by atoms with van der Waals surface area (Å²) in [6.07, 6.45) is 0. The van der Waals surface area contributed by atoms with Gasteiger partial charge in [-0.3, -0.25) is 0 Å². The van der Waals surface area contributed by atoms with Crippen LogP contribution in [-0.2, 0) is 0 Å². The highest BCUT2D eigenvalue weighted by Gasteiger charge is 2.18. The molecule has 5 aromatic carbocycles. The van der Waals surface area contributed by atoms with Gasteiger partial charge in [0.05, 0.1) is 5.69 Å². The standard InChI is InChI=1S/C32H23NO2/c34-29-17-15-23(19-26(29)21-9-3-1-4-10-21)31-25-13-7-8-14-28(25)33-32(31)24-16-18-30(35)27(20-24)22-11-5-2-6-12-22/h1-20,33-35H. The van der Waals surface area contributed by atoms with Crippen LogP contribution in [0.5, 0.6) is 11.5 Å². The number of aromatic amines is 1. The molecule has 0 spiro atoms. The summed E-state index contributed by atoms with van der Waals surface area (Å²) >= 11 is 0. The van der Waals surface area contributed by atoms with Crippen molar-refractivity contribution in [2.45, 2.75) is 0 Å². The van der Waals surface area contributed by atoms with Gasteiger partial charge >= 0.3 is 0 Å². The minimum Gasteiger partial charge on any atom is -0.507 e. The van der Waals surface area contributed by atoms with Crippen molar-refractivity contribution in [3.8, 4) is 56.1 Å². The van der Waals surface area contributed by atoms with Gasteiger partial charge in [0.25, 0.3) is 0 Å². The molecule has 168 valence electrons. The third-order valence-corrected chi connectivity index (χ3v) is 6.45. The molecule has 0 amide bonds. The largest absolute Gasteiger partial charge is 0.507 e. The minimum absolute atomic E-state index is 0.244. The van der Waals surface area contributed by atoms with Crippen molar-refractivity contribution >= 4 is 10.9 Å². The lowest BCUT2D eigenvalue weighted by molar-refractivity contribution is 0.477. The summed E-state index contributed by atoms with van der Waals surface area (Å²) in [5, 5.41) is 22.4. The van der Waals surface area contributed by atoms with Crippen molar-refractivity contribution in [3.05, 3.63) is 121 Å². The van der Waals surface area contributed by atoms with Gasteiger partial charge in [0.15, 0.2) is 0 Å². The quantitative estimate of drug-likeness (QED) is 0.252. The molecule has 1 aromatic heterocycles. The molecule has 0 fully saturated rings. The van der Waals surface area contributed by atoms with E-state index in [1.54, 1.807) is 12.1 Å². The van der Waals surface area contributed by atoms with Crippen LogP contribution in [0.2, 0.25) is 0 Å². The maximum absolute atomic E-state index is 10.6. The Labute approximate surface area is 203 Å². The lowest BCUT2D eigenvalue weighted by atomic mass is 9.93. The summed E-state index contributed by atoms with van der Waals surface area (Å²) in [4.78, 5) is 3.61. The fourth-order valence-electron chi connectivity index (χ4n) is 4.74. The summed E-state index contributed by atoms with van der Waals surface area (Å²) in [5.41, 5.74) is 8.52. The molecular weight excluding hydrogens is 430 g/mol. The molecule has 0 bridgehead atoms. The summed E-state index contributed by atoms with van der Waals surface area (Å²) in [6.45, 7) is 0. The van der Waals surface area contributed by atoms with Gasteiger partial charge in [-0.2, -0.15) is 0 Å². The maximum Gasteiger partial charge on any atom is 0.123 e. The van der Waals surface area contributed by atoms with Gasteiger partial charge in [-0.1, -0.05) is 84.9 Å². The van der Waals surface area contributed by atoms with Crippen molar-refractivity contribution in [3.63, 3.8) is 0 Å². The van der Waals surface area contributed by atoms with E-state index in [4.69, 9.17) is 0 Å². The summed E-state index contributed by atoms with van der Waals surface area (Å²) in [5.74, 6) is 0.492. The highest BCUT2D eigenvalue weighted by molar-refractivity contribution is 6.04. The summed E-state index contributed by atoms with van der Waals surface area (Å²) in [6, 6.07) is 39.5. The molecule has 0 aliphatic rings. The van der Waals surface area contributed by atoms with Gasteiger partial charge in [0, 0.05) is 27.6 Å². The van der Waals surface area contributed by atoms with Crippen LogP contribution in [0.15, 0.2) is 121 Å². The molecule has 0 unspecified atom stereocenters. The highest BCUT2D eigenvalue weighted by atomic mass is 16.3. The lowest BCUT2D eigenvalue weighted by Crippen LogP contribution is -1.87. The Morgan fingerprint density at radius 2 is 0.971 bits per heavy atom. The Morgan fingerprint density at radius 1 is 0.457 bits per heavy atom. The summed E-state index contributed by atoms with van der Waals surface area (Å²) in [7, 11) is 0. The Balaban J connectivity index is 1.58. The zero-order valence-electron chi connectivity index (χ0n) is 18.9. The number of para-hydroxylation sites is 1. The number of hydrogen-bond donors (Lipinski definition) is 3. The smallest absolute Gasteiger partial charge is 0.123 e. The van der Waals surface area contributed by atoms with E-state index in [2.05, 4.69) is 17.1 Å². The van der Waals surface area contributed by atoms with Crippen LogP contribution in [0.4, 0.5) is 0 Å². The van der Waals surface area contributed by atoms with E-state index in [1.807, 2.05) is 97.1 Å². The average molecular weight is 454 g/mol. The molecule has 0 radical (unpaired) electrons. The molecular formula is C32H23NO2. The van der Waals surface area contributed by atoms with Crippen molar-refractivity contribution in [1.82, 2.24) is 4.98 Å². The lowest BCUT2D eigenvalue weighted by Gasteiger charge is -2.12. The monoisotopic (exact) mass is 453 g/mol. The Morgan fingerprint density at radius 3 is 1.60 bits per heavy atom. The van der Waals surface area contributed by atoms with Crippen LogP contribution >= 0.6 is 0 Å². The van der Waals surface area contributed by atoms with E-state index >= 15 is 0 Å². The highest BCUT2D eigenvalue weighted by Crippen LogP contribution is 2.43. The first kappa shape index (κ1) is 20.8. The van der Waals surface area contributed by atoms with Crippen molar-refractivity contribution in [1.29, 1.82) is 0 Å². The molecule has 0 saturated heterocycles. The average Bonchev–Trinajstić information content (AvgIpc) is 3.30. The number of phenols is 2. The Hall–Kier alpha value is -4.76. The third kappa shape index (κ3) is 3.73. The van der Waals surface area contributed by atoms with Crippen LogP contribution < -0.4 is 0 Å². The number of fused-ring (bicyclic) bond motifs is 1. The third-order valence-electron chi connectivity index (χ3n) is 6.45. The van der Waals surface area contributed by atoms with E-state index < -0.39 is 0 Å². The van der Waals surface area contributed by atoms with Crippen LogP contribution in [0.3, 0.4) is 0 Å². The van der Waals surface area contributed by atoms with Crippen LogP contribution in [0.1, 0.15) is 0 Å². The van der Waals surface area contributed by atoms with Crippen molar-refractivity contribution < 1.29 is 10.2 Å². The second-order valence-corrected chi connectivity index (χ2v) is 8.62. The number of nitrogens with one attached hydrogen (secondary N) is 1. The van der Waals surface area contributed by atoms with E-state index in [9.17, 15) is 10.2 Å². The van der Waals surface area contributed by atoms with Gasteiger partial charge in [0.1, 0.15) is 11.5 Å². The SMILES string of the molecule is Oc1ccc(-c2[nH]c3ccccc3c2-c2ccc(O)c(-c3ccccc3)c2)cc1-c1ccccc1. The first-order valence-corrected chi connectivity index (χ1v) is 11.6. The molecule has 3 N–H and O–H groups in total. The number of H-pyrrole nitrogens is 1. The predicted octanol–water partition coefficient (Wildman–Crippen LogP) is 8.25. The summed E-state index contributed by atoms with van der Waals surface area (Å²) < 4.78 is 0. The molecule has 0 saturated carbocycles. The first-order valence-electron chi connectivity index (χ1n) is 11.6. The van der Waals surface area contributed by atoms with Gasteiger partial charge < -0.3 is 15.2 Å². The van der Waals surface area contributed by atoms with E-state index in [0.29, 0.717) is 0 Å². The van der Waals surface area contributed by atoms with Crippen molar-refractivity contribution in [2.75, 3.05) is 0 Å². The topological polar surface area (TPSA) is 56.2 Å². The fraction of sp³-hybridized carbons (Fsp3) is 0. The molecule has 0 atom stereocenters. The zero-order chi connectivity index (χ0) is 23.8. The molecule has 35 heavy (non-hydrogen) atoms. The van der Waals surface area contributed by atoms with Crippen LogP contribution in [0, 0.1) is 0 Å². The normalized spacial score (nSPS) is 11.1. The number of hydrogen-bond acceptors (Lipinski definition) is 2. The minimum atomic E-state index is 0.244. The van der Waals surface area contributed by atoms with Crippen molar-refractivity contribution in [2.24, 2.45) is 0 Å². The Bertz CT molecular complexity index is 1650. The number of aromatic hydroxyl groups is 2. The number of rotatable bonds is 4. The number of benzene rings is 5. The predicted molar refractivity (Wildman–Crippen MR) is 143 cm³/mol. The number of phenolic OH excluding ortho intramolecular Hbond substituents is 2. The van der Waals surface area contributed by atoms with Gasteiger partial charge in [-0.15, -0.1) is 0 Å². The van der Waals surface area contributed by atoms with Gasteiger partial charge in [-0.05, 0) is 58.7 Å². The molecule has 3 nitrogen and oxygen atoms in total.